The van der Waals surface area contributed by atoms with Crippen LogP contribution in [0.1, 0.15) is 36.4 Å². The number of imidazole rings is 1. The van der Waals surface area contributed by atoms with Crippen molar-refractivity contribution in [3.8, 4) is 17.1 Å². The number of anilines is 1. The van der Waals surface area contributed by atoms with Crippen molar-refractivity contribution >= 4 is 11.5 Å². The van der Waals surface area contributed by atoms with Gasteiger partial charge in [-0.15, -0.1) is 0 Å². The molecule has 8 nitrogen and oxygen atoms in total. The van der Waals surface area contributed by atoms with E-state index in [0.29, 0.717) is 48.2 Å². The van der Waals surface area contributed by atoms with Gasteiger partial charge in [-0.2, -0.15) is 5.10 Å². The highest BCUT2D eigenvalue weighted by atomic mass is 19.1. The predicted octanol–water partition coefficient (Wildman–Crippen LogP) is 2.28. The molecule has 2 aliphatic rings. The van der Waals surface area contributed by atoms with Crippen LogP contribution >= 0.6 is 0 Å². The number of methoxy groups -OCH3 is 1. The van der Waals surface area contributed by atoms with Gasteiger partial charge in [-0.05, 0) is 31.9 Å². The summed E-state index contributed by atoms with van der Waals surface area (Å²) in [6.45, 7) is 1.00. The Balaban J connectivity index is 1.53. The standard InChI is InChI=1S/C21H25FN6O2/c1-30-18-8-19-24-10-17(28(19)27-20(18)12-2-3-12)15-5-4-13(11-29)21(25-15)26-16-9-23-7-6-14(16)22/h4-5,8,10,12,14,16,23,29H,2-3,6-7,9,11H2,1H3,(H,25,26). The number of hydrogen-bond acceptors (Lipinski definition) is 7. The SMILES string of the molecule is COc1cc2ncc(-c3ccc(CO)c(NC4CNCCC4F)n3)n2nc1C1CC1. The van der Waals surface area contributed by atoms with Crippen LogP contribution in [0.15, 0.2) is 24.4 Å². The molecule has 30 heavy (non-hydrogen) atoms. The average molecular weight is 412 g/mol. The number of piperidine rings is 1. The number of nitrogens with zero attached hydrogens (tertiary/aromatic N) is 4. The molecule has 1 aliphatic carbocycles. The zero-order chi connectivity index (χ0) is 20.7. The first-order valence-electron chi connectivity index (χ1n) is 10.3. The van der Waals surface area contributed by atoms with Gasteiger partial charge in [-0.1, -0.05) is 6.07 Å². The molecule has 2 fully saturated rings. The Morgan fingerprint density at radius 3 is 2.93 bits per heavy atom. The third-order valence-electron chi connectivity index (χ3n) is 5.80. The Morgan fingerprint density at radius 2 is 2.20 bits per heavy atom. The second-order valence-corrected chi connectivity index (χ2v) is 7.91. The first-order valence-corrected chi connectivity index (χ1v) is 10.3. The summed E-state index contributed by atoms with van der Waals surface area (Å²) in [5, 5.41) is 20.9. The average Bonchev–Trinajstić information content (AvgIpc) is 3.54. The number of aliphatic hydroxyl groups is 1. The number of ether oxygens (including phenoxy) is 1. The molecular formula is C21H25FN6O2. The fraction of sp³-hybridized carbons (Fsp3) is 0.476. The fourth-order valence-electron chi connectivity index (χ4n) is 3.92. The van der Waals surface area contributed by atoms with Gasteiger partial charge in [-0.25, -0.2) is 18.9 Å². The van der Waals surface area contributed by atoms with Crippen molar-refractivity contribution in [2.24, 2.45) is 0 Å². The first-order chi connectivity index (χ1) is 14.7. The van der Waals surface area contributed by atoms with Crippen molar-refractivity contribution in [1.82, 2.24) is 24.9 Å². The van der Waals surface area contributed by atoms with Crippen molar-refractivity contribution in [2.75, 3.05) is 25.5 Å². The van der Waals surface area contributed by atoms with E-state index >= 15 is 0 Å². The van der Waals surface area contributed by atoms with Gasteiger partial charge in [0, 0.05) is 24.1 Å². The van der Waals surface area contributed by atoms with Crippen LogP contribution in [0, 0.1) is 0 Å². The number of halogens is 1. The minimum Gasteiger partial charge on any atom is -0.495 e. The minimum atomic E-state index is -0.964. The maximum atomic E-state index is 14.3. The lowest BCUT2D eigenvalue weighted by Crippen LogP contribution is -2.46. The molecule has 0 bridgehead atoms. The third kappa shape index (κ3) is 3.48. The molecule has 9 heteroatoms. The van der Waals surface area contributed by atoms with E-state index in [1.807, 2.05) is 12.1 Å². The number of hydrogen-bond donors (Lipinski definition) is 3. The third-order valence-corrected chi connectivity index (χ3v) is 5.80. The van der Waals surface area contributed by atoms with Crippen molar-refractivity contribution < 1.29 is 14.2 Å². The van der Waals surface area contributed by atoms with E-state index in [9.17, 15) is 9.50 Å². The van der Waals surface area contributed by atoms with E-state index in [1.165, 1.54) is 0 Å². The zero-order valence-electron chi connectivity index (χ0n) is 16.8. The Morgan fingerprint density at radius 1 is 1.33 bits per heavy atom. The van der Waals surface area contributed by atoms with Gasteiger partial charge >= 0.3 is 0 Å². The molecular weight excluding hydrogens is 387 g/mol. The largest absolute Gasteiger partial charge is 0.495 e. The summed E-state index contributed by atoms with van der Waals surface area (Å²) in [5.41, 5.74) is 3.62. The lowest BCUT2D eigenvalue weighted by atomic mass is 10.1. The number of nitrogens with one attached hydrogen (secondary N) is 2. The van der Waals surface area contributed by atoms with Crippen molar-refractivity contribution in [3.05, 3.63) is 35.7 Å². The maximum Gasteiger partial charge on any atom is 0.157 e. The van der Waals surface area contributed by atoms with Crippen LogP contribution in [0.25, 0.3) is 17.0 Å². The highest BCUT2D eigenvalue weighted by molar-refractivity contribution is 5.64. The molecule has 1 saturated carbocycles. The molecule has 2 atom stereocenters. The quantitative estimate of drug-likeness (QED) is 0.572. The summed E-state index contributed by atoms with van der Waals surface area (Å²) in [7, 11) is 1.65. The van der Waals surface area contributed by atoms with Crippen LogP contribution in [0.3, 0.4) is 0 Å². The topological polar surface area (TPSA) is 96.6 Å². The van der Waals surface area contributed by atoms with Crippen molar-refractivity contribution in [1.29, 1.82) is 0 Å². The van der Waals surface area contributed by atoms with E-state index in [2.05, 4.69) is 15.6 Å². The Labute approximate surface area is 173 Å². The molecule has 1 aliphatic heterocycles. The molecule has 3 aromatic rings. The molecule has 0 radical (unpaired) electrons. The highest BCUT2D eigenvalue weighted by Crippen LogP contribution is 2.43. The van der Waals surface area contributed by atoms with Crippen LogP contribution in [0.4, 0.5) is 10.2 Å². The summed E-state index contributed by atoms with van der Waals surface area (Å²) in [6.07, 6.45) is 3.43. The van der Waals surface area contributed by atoms with E-state index in [0.717, 1.165) is 30.0 Å². The number of pyridine rings is 1. The molecule has 1 saturated heterocycles. The zero-order valence-corrected chi connectivity index (χ0v) is 16.8. The van der Waals surface area contributed by atoms with Gasteiger partial charge in [0.05, 0.1) is 31.6 Å². The van der Waals surface area contributed by atoms with Crippen LogP contribution < -0.4 is 15.4 Å². The van der Waals surface area contributed by atoms with E-state index in [1.54, 1.807) is 23.9 Å². The van der Waals surface area contributed by atoms with Crippen LogP contribution in [-0.2, 0) is 6.61 Å². The van der Waals surface area contributed by atoms with E-state index < -0.39 is 12.2 Å². The Kier molecular flexibility index (Phi) is 5.00. The summed E-state index contributed by atoms with van der Waals surface area (Å²) in [5.74, 6) is 1.66. The molecule has 0 spiro atoms. The Hall–Kier alpha value is -2.78. The predicted molar refractivity (Wildman–Crippen MR) is 110 cm³/mol. The second kappa shape index (κ2) is 7.81. The number of fused-ring (bicyclic) bond motifs is 1. The van der Waals surface area contributed by atoms with Crippen molar-refractivity contribution in [2.45, 2.75) is 44.0 Å². The van der Waals surface area contributed by atoms with Gasteiger partial charge in [-0.3, -0.25) is 0 Å². The number of aliphatic hydroxyl groups excluding tert-OH is 1. The maximum absolute atomic E-state index is 14.3. The minimum absolute atomic E-state index is 0.179. The molecule has 4 heterocycles. The lowest BCUT2D eigenvalue weighted by Gasteiger charge is -2.28. The van der Waals surface area contributed by atoms with Crippen LogP contribution in [-0.4, -0.2) is 57.1 Å². The van der Waals surface area contributed by atoms with Crippen LogP contribution in [0.5, 0.6) is 5.75 Å². The van der Waals surface area contributed by atoms with Gasteiger partial charge in [0.1, 0.15) is 29.1 Å². The number of rotatable bonds is 6. The second-order valence-electron chi connectivity index (χ2n) is 7.91. The molecule has 0 aromatic carbocycles. The van der Waals surface area contributed by atoms with Gasteiger partial charge in [0.25, 0.3) is 0 Å². The molecule has 3 aromatic heterocycles. The molecule has 0 amide bonds. The van der Waals surface area contributed by atoms with Gasteiger partial charge < -0.3 is 20.5 Å². The summed E-state index contributed by atoms with van der Waals surface area (Å²) in [4.78, 5) is 9.16. The normalized spacial score (nSPS) is 21.7. The summed E-state index contributed by atoms with van der Waals surface area (Å²) >= 11 is 0. The fourth-order valence-corrected chi connectivity index (χ4v) is 3.92. The molecule has 2 unspecified atom stereocenters. The van der Waals surface area contributed by atoms with Gasteiger partial charge in [0.2, 0.25) is 0 Å². The highest BCUT2D eigenvalue weighted by Gasteiger charge is 2.30. The number of aromatic nitrogens is 4. The van der Waals surface area contributed by atoms with E-state index in [-0.39, 0.29) is 6.61 Å². The first kappa shape index (κ1) is 19.2. The molecule has 158 valence electrons. The lowest BCUT2D eigenvalue weighted by molar-refractivity contribution is 0.240. The van der Waals surface area contributed by atoms with Crippen molar-refractivity contribution in [3.63, 3.8) is 0 Å². The number of alkyl halides is 1. The smallest absolute Gasteiger partial charge is 0.157 e. The Bertz CT molecular complexity index is 1070. The van der Waals surface area contributed by atoms with E-state index in [4.69, 9.17) is 14.8 Å². The summed E-state index contributed by atoms with van der Waals surface area (Å²) in [6, 6.07) is 5.14. The monoisotopic (exact) mass is 412 g/mol. The van der Waals surface area contributed by atoms with Gasteiger partial charge in [0.15, 0.2) is 5.65 Å². The molecule has 3 N–H and O–H groups in total. The summed E-state index contributed by atoms with van der Waals surface area (Å²) < 4.78 is 21.6. The van der Waals surface area contributed by atoms with Crippen LogP contribution in [0.2, 0.25) is 0 Å². The molecule has 5 rings (SSSR count).